The predicted octanol–water partition coefficient (Wildman–Crippen LogP) is 2.00. The lowest BCUT2D eigenvalue weighted by molar-refractivity contribution is -0.117. The van der Waals surface area contributed by atoms with Crippen LogP contribution < -0.4 is 10.6 Å². The van der Waals surface area contributed by atoms with Gasteiger partial charge in [0.05, 0.1) is 0 Å². The van der Waals surface area contributed by atoms with Crippen molar-refractivity contribution < 1.29 is 9.18 Å². The quantitative estimate of drug-likeness (QED) is 0.780. The molecule has 0 saturated carbocycles. The zero-order valence-corrected chi connectivity index (χ0v) is 9.50. The van der Waals surface area contributed by atoms with Crippen LogP contribution in [0.4, 0.5) is 10.1 Å². The maximum atomic E-state index is 13.3. The first kappa shape index (κ1) is 10.7. The molecule has 3 nitrogen and oxygen atoms in total. The largest absolute Gasteiger partial charge is 0.326 e. The minimum Gasteiger partial charge on any atom is -0.326 e. The van der Waals surface area contributed by atoms with Gasteiger partial charge in [0.1, 0.15) is 5.82 Å². The Kier molecular flexibility index (Phi) is 2.59. The minimum atomic E-state index is -0.233. The van der Waals surface area contributed by atoms with E-state index in [2.05, 4.69) is 10.6 Å². The second kappa shape index (κ2) is 4.11. The fourth-order valence-corrected chi connectivity index (χ4v) is 2.88. The summed E-state index contributed by atoms with van der Waals surface area (Å²) in [6.07, 6.45) is 2.65. The molecule has 1 aromatic carbocycles. The van der Waals surface area contributed by atoms with Crippen molar-refractivity contribution in [1.82, 2.24) is 5.32 Å². The minimum absolute atomic E-state index is 0.0304. The van der Waals surface area contributed by atoms with E-state index in [9.17, 15) is 9.18 Å². The molecule has 0 bridgehead atoms. The van der Waals surface area contributed by atoms with Gasteiger partial charge in [0.25, 0.3) is 0 Å². The molecule has 2 aliphatic rings. The van der Waals surface area contributed by atoms with Crippen molar-refractivity contribution in [3.05, 3.63) is 29.6 Å². The summed E-state index contributed by atoms with van der Waals surface area (Å²) < 4.78 is 13.3. The fourth-order valence-electron chi connectivity index (χ4n) is 2.88. The summed E-state index contributed by atoms with van der Waals surface area (Å²) in [5.74, 6) is -0.0948. The molecular formula is C13H15FN2O. The van der Waals surface area contributed by atoms with Crippen LogP contribution in [-0.2, 0) is 4.79 Å². The molecule has 0 spiro atoms. The van der Waals surface area contributed by atoms with E-state index in [-0.39, 0.29) is 17.6 Å². The molecule has 1 amide bonds. The van der Waals surface area contributed by atoms with E-state index in [1.807, 2.05) is 0 Å². The number of benzene rings is 1. The van der Waals surface area contributed by atoms with Crippen molar-refractivity contribution in [3.63, 3.8) is 0 Å². The van der Waals surface area contributed by atoms with Gasteiger partial charge in [-0.2, -0.15) is 0 Å². The standard InChI is InChI=1S/C13H15FN2O/c14-8-3-4-12-9(6-8)10(7-13(17)16-12)11-2-1-5-15-11/h3-4,6,10-11,15H,1-2,5,7H2,(H,16,17). The topological polar surface area (TPSA) is 41.1 Å². The normalized spacial score (nSPS) is 27.7. The first-order valence-electron chi connectivity index (χ1n) is 6.07. The van der Waals surface area contributed by atoms with Gasteiger partial charge in [0.2, 0.25) is 5.91 Å². The van der Waals surface area contributed by atoms with Crippen LogP contribution in [0.15, 0.2) is 18.2 Å². The van der Waals surface area contributed by atoms with E-state index in [1.165, 1.54) is 6.07 Å². The molecule has 2 aliphatic heterocycles. The number of fused-ring (bicyclic) bond motifs is 1. The van der Waals surface area contributed by atoms with Gasteiger partial charge in [-0.15, -0.1) is 0 Å². The smallest absolute Gasteiger partial charge is 0.225 e. The van der Waals surface area contributed by atoms with Crippen LogP contribution in [0.25, 0.3) is 0 Å². The molecule has 1 saturated heterocycles. The van der Waals surface area contributed by atoms with Crippen LogP contribution in [-0.4, -0.2) is 18.5 Å². The maximum Gasteiger partial charge on any atom is 0.225 e. The van der Waals surface area contributed by atoms with Crippen molar-refractivity contribution in [3.8, 4) is 0 Å². The van der Waals surface area contributed by atoms with Crippen molar-refractivity contribution in [2.45, 2.75) is 31.2 Å². The Morgan fingerprint density at radius 3 is 3.00 bits per heavy atom. The van der Waals surface area contributed by atoms with Crippen molar-refractivity contribution in [2.24, 2.45) is 0 Å². The van der Waals surface area contributed by atoms with Gasteiger partial charge >= 0.3 is 0 Å². The summed E-state index contributed by atoms with van der Waals surface area (Å²) >= 11 is 0. The average Bonchev–Trinajstić information content (AvgIpc) is 2.82. The van der Waals surface area contributed by atoms with Gasteiger partial charge in [-0.25, -0.2) is 4.39 Å². The SMILES string of the molecule is O=C1CC(C2CCCN2)c2cc(F)ccc2N1. The zero-order chi connectivity index (χ0) is 11.8. The van der Waals surface area contributed by atoms with Crippen LogP contribution >= 0.6 is 0 Å². The van der Waals surface area contributed by atoms with Crippen LogP contribution in [0, 0.1) is 5.82 Å². The molecule has 2 unspecified atom stereocenters. The van der Waals surface area contributed by atoms with Gasteiger partial charge in [0.15, 0.2) is 0 Å². The third-order valence-electron chi connectivity index (χ3n) is 3.68. The lowest BCUT2D eigenvalue weighted by Crippen LogP contribution is -2.35. The summed E-state index contributed by atoms with van der Waals surface area (Å²) in [4.78, 5) is 11.6. The van der Waals surface area contributed by atoms with Gasteiger partial charge in [-0.1, -0.05) is 0 Å². The molecule has 1 aromatic rings. The van der Waals surface area contributed by atoms with Crippen LogP contribution in [0.2, 0.25) is 0 Å². The number of anilines is 1. The van der Waals surface area contributed by atoms with E-state index >= 15 is 0 Å². The molecule has 2 atom stereocenters. The van der Waals surface area contributed by atoms with Gasteiger partial charge in [-0.05, 0) is 43.1 Å². The second-order valence-electron chi connectivity index (χ2n) is 4.79. The molecule has 0 aliphatic carbocycles. The Labute approximate surface area is 99.4 Å². The third-order valence-corrected chi connectivity index (χ3v) is 3.68. The zero-order valence-electron chi connectivity index (χ0n) is 9.50. The number of hydrogen-bond donors (Lipinski definition) is 2. The lowest BCUT2D eigenvalue weighted by atomic mass is 9.84. The van der Waals surface area contributed by atoms with Gasteiger partial charge in [0, 0.05) is 24.1 Å². The highest BCUT2D eigenvalue weighted by atomic mass is 19.1. The van der Waals surface area contributed by atoms with Crippen molar-refractivity contribution in [1.29, 1.82) is 0 Å². The first-order chi connectivity index (χ1) is 8.24. The summed E-state index contributed by atoms with van der Waals surface area (Å²) in [5.41, 5.74) is 1.70. The molecule has 0 radical (unpaired) electrons. The van der Waals surface area contributed by atoms with E-state index in [1.54, 1.807) is 12.1 Å². The first-order valence-corrected chi connectivity index (χ1v) is 6.07. The van der Waals surface area contributed by atoms with E-state index in [4.69, 9.17) is 0 Å². The number of rotatable bonds is 1. The molecular weight excluding hydrogens is 219 g/mol. The number of carbonyl (C=O) groups excluding carboxylic acids is 1. The van der Waals surface area contributed by atoms with E-state index in [0.29, 0.717) is 12.5 Å². The average molecular weight is 234 g/mol. The molecule has 90 valence electrons. The molecule has 17 heavy (non-hydrogen) atoms. The van der Waals surface area contributed by atoms with Crippen LogP contribution in [0.5, 0.6) is 0 Å². The highest BCUT2D eigenvalue weighted by Gasteiger charge is 2.33. The summed E-state index contributed by atoms with van der Waals surface area (Å²) in [6, 6.07) is 4.91. The Hall–Kier alpha value is -1.42. The van der Waals surface area contributed by atoms with Gasteiger partial charge < -0.3 is 10.6 Å². The Morgan fingerprint density at radius 1 is 1.35 bits per heavy atom. The molecule has 3 rings (SSSR count). The van der Waals surface area contributed by atoms with Crippen LogP contribution in [0.3, 0.4) is 0 Å². The summed E-state index contributed by atoms with van der Waals surface area (Å²) in [5, 5.41) is 6.21. The second-order valence-corrected chi connectivity index (χ2v) is 4.79. The Bertz CT molecular complexity index is 455. The number of amides is 1. The molecule has 1 fully saturated rings. The molecule has 2 N–H and O–H groups in total. The molecule has 2 heterocycles. The fraction of sp³-hybridized carbons (Fsp3) is 0.462. The number of carbonyl (C=O) groups is 1. The van der Waals surface area contributed by atoms with E-state index < -0.39 is 0 Å². The number of nitrogens with one attached hydrogen (secondary N) is 2. The van der Waals surface area contributed by atoms with Crippen molar-refractivity contribution in [2.75, 3.05) is 11.9 Å². The Morgan fingerprint density at radius 2 is 2.24 bits per heavy atom. The van der Waals surface area contributed by atoms with E-state index in [0.717, 1.165) is 30.6 Å². The third kappa shape index (κ3) is 1.93. The summed E-state index contributed by atoms with van der Waals surface area (Å²) in [7, 11) is 0. The monoisotopic (exact) mass is 234 g/mol. The maximum absolute atomic E-state index is 13.3. The highest BCUT2D eigenvalue weighted by Crippen LogP contribution is 2.37. The molecule has 4 heteroatoms. The number of halogens is 1. The Balaban J connectivity index is 1.99. The van der Waals surface area contributed by atoms with Gasteiger partial charge in [-0.3, -0.25) is 4.79 Å². The highest BCUT2D eigenvalue weighted by molar-refractivity contribution is 5.94. The lowest BCUT2D eigenvalue weighted by Gasteiger charge is -2.30. The summed E-state index contributed by atoms with van der Waals surface area (Å²) in [6.45, 7) is 0.993. The predicted molar refractivity (Wildman–Crippen MR) is 63.4 cm³/mol. The van der Waals surface area contributed by atoms with Crippen LogP contribution in [0.1, 0.15) is 30.7 Å². The van der Waals surface area contributed by atoms with Crippen molar-refractivity contribution >= 4 is 11.6 Å². The molecule has 0 aromatic heterocycles. The number of hydrogen-bond acceptors (Lipinski definition) is 2.